The summed E-state index contributed by atoms with van der Waals surface area (Å²) >= 11 is 15.1. The predicted octanol–water partition coefficient (Wildman–Crippen LogP) is 5.27. The number of alkyl halides is 2. The van der Waals surface area contributed by atoms with Gasteiger partial charge in [0.25, 0.3) is 0 Å². The first-order chi connectivity index (χ1) is 7.62. The molecule has 1 nitrogen and oxygen atoms in total. The van der Waals surface area contributed by atoms with E-state index in [1.807, 2.05) is 0 Å². The predicted molar refractivity (Wildman–Crippen MR) is 92.0 cm³/mol. The Balaban J connectivity index is 4.13. The summed E-state index contributed by atoms with van der Waals surface area (Å²) in [5.41, 5.74) is 0. The second-order valence-electron chi connectivity index (χ2n) is 6.28. The normalized spacial score (nSPS) is 16.9. The molecule has 0 aliphatic carbocycles. The van der Waals surface area contributed by atoms with Gasteiger partial charge in [-0.2, -0.15) is 0 Å². The van der Waals surface area contributed by atoms with Gasteiger partial charge in [0.1, 0.15) is 0 Å². The molecule has 0 rings (SSSR count). The molecule has 0 bridgehead atoms. The Bertz CT molecular complexity index is 197. The lowest BCUT2D eigenvalue weighted by Crippen LogP contribution is -2.38. The second-order valence-corrected chi connectivity index (χ2v) is 20.7. The molecule has 2 unspecified atom stereocenters. The van der Waals surface area contributed by atoms with E-state index in [1.165, 1.54) is 0 Å². The van der Waals surface area contributed by atoms with Crippen molar-refractivity contribution in [2.75, 3.05) is 11.8 Å². The van der Waals surface area contributed by atoms with Gasteiger partial charge >= 0.3 is 0 Å². The van der Waals surface area contributed by atoms with Gasteiger partial charge in [-0.25, -0.2) is 3.63 Å². The molecule has 7 heteroatoms. The number of halogens is 2. The van der Waals surface area contributed by atoms with Crippen LogP contribution < -0.4 is 0 Å². The lowest BCUT2D eigenvalue weighted by molar-refractivity contribution is 0.750. The van der Waals surface area contributed by atoms with E-state index in [0.717, 1.165) is 0 Å². The van der Waals surface area contributed by atoms with Crippen LogP contribution in [0.4, 0.5) is 0 Å². The van der Waals surface area contributed by atoms with Crippen molar-refractivity contribution in [3.05, 3.63) is 0 Å². The Morgan fingerprint density at radius 3 is 1.29 bits per heavy atom. The van der Waals surface area contributed by atoms with Gasteiger partial charge in [0.2, 0.25) is 0 Å². The van der Waals surface area contributed by atoms with E-state index in [1.54, 1.807) is 24.1 Å². The molecule has 0 spiro atoms. The molecule has 0 fully saturated rings. The molecule has 0 aromatic heterocycles. The van der Waals surface area contributed by atoms with Crippen LogP contribution in [-0.2, 0) is 3.63 Å². The molecule has 0 heterocycles. The topological polar surface area (TPSA) is 9.23 Å². The Morgan fingerprint density at radius 2 is 1.12 bits per heavy atom. The molecular weight excluding hydrogens is 327 g/mol. The van der Waals surface area contributed by atoms with Gasteiger partial charge in [-0.3, -0.25) is 0 Å². The minimum atomic E-state index is -1.24. The van der Waals surface area contributed by atoms with Crippen molar-refractivity contribution in [1.82, 2.24) is 0 Å². The van der Waals surface area contributed by atoms with E-state index in [9.17, 15) is 0 Å². The minimum Gasteiger partial charge on any atom is -0.247 e. The maximum absolute atomic E-state index is 6.00. The third-order valence-electron chi connectivity index (χ3n) is 2.52. The van der Waals surface area contributed by atoms with Gasteiger partial charge in [0, 0.05) is 45.6 Å². The van der Waals surface area contributed by atoms with Gasteiger partial charge in [0.05, 0.1) is 16.1 Å². The quantitative estimate of drug-likeness (QED) is 0.335. The van der Waals surface area contributed by atoms with Crippen molar-refractivity contribution in [3.63, 3.8) is 0 Å². The van der Waals surface area contributed by atoms with Gasteiger partial charge in [-0.15, -0.1) is 23.2 Å². The van der Waals surface area contributed by atoms with Crippen molar-refractivity contribution >= 4 is 63.4 Å². The average Bonchev–Trinajstić information content (AvgIpc) is 2.13. The zero-order valence-corrected chi connectivity index (χ0v) is 16.7. The fraction of sp³-hybridized carbons (Fsp3) is 1.00. The molecule has 0 saturated heterocycles. The Kier molecular flexibility index (Phi) is 8.87. The van der Waals surface area contributed by atoms with Crippen LogP contribution in [0.1, 0.15) is 0 Å². The highest BCUT2D eigenvalue weighted by Gasteiger charge is 2.30. The molecule has 0 N–H and O–H groups in total. The molecule has 0 aliphatic rings. The molecule has 0 aromatic rings. The van der Waals surface area contributed by atoms with Gasteiger partial charge < -0.3 is 0 Å². The van der Waals surface area contributed by atoms with E-state index < -0.39 is 16.1 Å². The average molecular weight is 352 g/mol. The van der Waals surface area contributed by atoms with Crippen molar-refractivity contribution in [2.24, 2.45) is 0 Å². The molecule has 104 valence electrons. The molecule has 0 aliphatic heterocycles. The fourth-order valence-corrected chi connectivity index (χ4v) is 8.99. The van der Waals surface area contributed by atoms with Crippen LogP contribution in [0, 0.1) is 0 Å². The summed E-state index contributed by atoms with van der Waals surface area (Å²) in [7, 11) is -2.49. The third-order valence-corrected chi connectivity index (χ3v) is 14.5. The zero-order chi connectivity index (χ0) is 13.7. The first-order valence-electron chi connectivity index (χ1n) is 5.73. The molecule has 0 saturated carbocycles. The number of hydrogen-bond donors (Lipinski definition) is 0. The van der Waals surface area contributed by atoms with Crippen LogP contribution in [-0.4, -0.2) is 37.7 Å². The maximum atomic E-state index is 6.00. The number of hydrogen-bond acceptors (Lipinski definition) is 3. The van der Waals surface area contributed by atoms with Crippen molar-refractivity contribution in [1.29, 1.82) is 0 Å². The summed E-state index contributed by atoms with van der Waals surface area (Å²) in [5, 5.41) is 0. The van der Waals surface area contributed by atoms with Crippen molar-refractivity contribution in [3.8, 4) is 0 Å². The molecular formula is C10H24Cl2OS2Si2. The SMILES string of the molecule is C[Si](C)(C)C(CCl)SOSC(CCl)[Si](C)(C)C. The Hall–Kier alpha value is 1.67. The van der Waals surface area contributed by atoms with Crippen LogP contribution in [0.15, 0.2) is 0 Å². The second kappa shape index (κ2) is 8.07. The Labute approximate surface area is 127 Å². The lowest BCUT2D eigenvalue weighted by Gasteiger charge is -2.28. The highest BCUT2D eigenvalue weighted by molar-refractivity contribution is 8.10. The van der Waals surface area contributed by atoms with Crippen LogP contribution >= 0.6 is 47.3 Å². The molecule has 0 aromatic carbocycles. The molecule has 0 radical (unpaired) electrons. The maximum Gasteiger partial charge on any atom is 0.0633 e. The monoisotopic (exact) mass is 350 g/mol. The Morgan fingerprint density at radius 1 is 0.824 bits per heavy atom. The van der Waals surface area contributed by atoms with E-state index in [2.05, 4.69) is 39.3 Å². The fourth-order valence-electron chi connectivity index (χ4n) is 0.921. The molecule has 0 amide bonds. The summed E-state index contributed by atoms with van der Waals surface area (Å²) in [6.45, 7) is 13.9. The first kappa shape index (κ1) is 18.7. The largest absolute Gasteiger partial charge is 0.247 e. The van der Waals surface area contributed by atoms with Gasteiger partial charge in [-0.1, -0.05) is 39.3 Å². The van der Waals surface area contributed by atoms with Crippen molar-refractivity contribution in [2.45, 2.75) is 49.0 Å². The van der Waals surface area contributed by atoms with Crippen LogP contribution in [0.3, 0.4) is 0 Å². The molecule has 17 heavy (non-hydrogen) atoms. The molecule has 2 atom stereocenters. The highest BCUT2D eigenvalue weighted by atomic mass is 35.5. The van der Waals surface area contributed by atoms with E-state index in [0.29, 0.717) is 21.5 Å². The number of rotatable bonds is 8. The summed E-state index contributed by atoms with van der Waals surface area (Å²) in [4.78, 5) is 0.878. The minimum absolute atomic E-state index is 0.439. The third kappa shape index (κ3) is 7.75. The summed E-state index contributed by atoms with van der Waals surface area (Å²) in [6.07, 6.45) is 0. The standard InChI is InChI=1S/C10H24Cl2OS2Si2/c1-16(2,3)9(7-11)14-13-15-10(8-12)17(4,5)6/h9-10H,7-8H2,1-6H3. The zero-order valence-electron chi connectivity index (χ0n) is 11.5. The summed E-state index contributed by atoms with van der Waals surface area (Å²) in [5.74, 6) is 1.33. The smallest absolute Gasteiger partial charge is 0.0633 e. The summed E-state index contributed by atoms with van der Waals surface area (Å²) < 4.78 is 5.73. The lowest BCUT2D eigenvalue weighted by atomic mass is 10.9. The van der Waals surface area contributed by atoms with Crippen LogP contribution in [0.25, 0.3) is 0 Å². The van der Waals surface area contributed by atoms with E-state index in [4.69, 9.17) is 26.8 Å². The van der Waals surface area contributed by atoms with E-state index in [-0.39, 0.29) is 0 Å². The summed E-state index contributed by atoms with van der Waals surface area (Å²) in [6, 6.07) is 0. The van der Waals surface area contributed by atoms with E-state index >= 15 is 0 Å². The van der Waals surface area contributed by atoms with Crippen molar-refractivity contribution < 1.29 is 3.63 Å². The van der Waals surface area contributed by atoms with Gasteiger partial charge in [0.15, 0.2) is 0 Å². The highest BCUT2D eigenvalue weighted by Crippen LogP contribution is 2.33. The first-order valence-corrected chi connectivity index (χ1v) is 15.6. The van der Waals surface area contributed by atoms with Gasteiger partial charge in [-0.05, 0) is 0 Å². The van der Waals surface area contributed by atoms with Crippen LogP contribution in [0.5, 0.6) is 0 Å². The van der Waals surface area contributed by atoms with Crippen LogP contribution in [0.2, 0.25) is 39.3 Å².